The Balaban J connectivity index is 2.55. The lowest BCUT2D eigenvalue weighted by Crippen LogP contribution is -2.14. The average molecular weight is 391 g/mol. The van der Waals surface area contributed by atoms with Crippen LogP contribution in [0, 0.1) is 0 Å². The zero-order valence-electron chi connectivity index (χ0n) is 15.6. The van der Waals surface area contributed by atoms with E-state index >= 15 is 0 Å². The van der Waals surface area contributed by atoms with E-state index < -0.39 is 11.9 Å². The predicted octanol–water partition coefficient (Wildman–Crippen LogP) is 3.50. The summed E-state index contributed by atoms with van der Waals surface area (Å²) in [5.41, 5.74) is 0.522. The molecule has 1 aliphatic rings. The Bertz CT molecular complexity index is 841. The molecule has 0 saturated heterocycles. The van der Waals surface area contributed by atoms with E-state index in [4.69, 9.17) is 14.2 Å². The smallest absolute Gasteiger partial charge is 0.344 e. The number of hydrogen-bond acceptors (Lipinski definition) is 7. The Morgan fingerprint density at radius 2 is 1.96 bits per heavy atom. The first-order valence-corrected chi connectivity index (χ1v) is 9.10. The van der Waals surface area contributed by atoms with Crippen LogP contribution in [0.25, 0.3) is 6.08 Å². The van der Waals surface area contributed by atoms with Gasteiger partial charge in [0.2, 0.25) is 5.91 Å². The molecule has 0 saturated carbocycles. The van der Waals surface area contributed by atoms with Crippen molar-refractivity contribution in [2.75, 3.05) is 20.8 Å². The van der Waals surface area contributed by atoms with Gasteiger partial charge in [-0.25, -0.2) is 9.79 Å². The molecule has 0 bridgehead atoms. The number of carbonyl (C=O) groups is 2. The van der Waals surface area contributed by atoms with E-state index in [1.807, 2.05) is 0 Å². The molecule has 1 aliphatic heterocycles. The maximum atomic E-state index is 12.2. The fraction of sp³-hybridized carbons (Fsp3) is 0.316. The van der Waals surface area contributed by atoms with Crippen LogP contribution < -0.4 is 9.47 Å². The molecular weight excluding hydrogens is 370 g/mol. The molecule has 0 radical (unpaired) electrons. The molecule has 0 unspecified atom stereocenters. The van der Waals surface area contributed by atoms with Crippen LogP contribution in [0.1, 0.15) is 25.8 Å². The van der Waals surface area contributed by atoms with Crippen LogP contribution in [0.2, 0.25) is 0 Å². The minimum absolute atomic E-state index is 0.114. The lowest BCUT2D eigenvalue weighted by atomic mass is 10.1. The Kier molecular flexibility index (Phi) is 7.06. The van der Waals surface area contributed by atoms with Gasteiger partial charge < -0.3 is 19.3 Å². The number of rotatable bonds is 6. The van der Waals surface area contributed by atoms with Gasteiger partial charge in [-0.05, 0) is 31.2 Å². The van der Waals surface area contributed by atoms with Gasteiger partial charge in [-0.15, -0.1) is 0 Å². The van der Waals surface area contributed by atoms with Crippen molar-refractivity contribution in [1.29, 1.82) is 0 Å². The second-order valence-electron chi connectivity index (χ2n) is 5.33. The summed E-state index contributed by atoms with van der Waals surface area (Å²) >= 11 is 1.02. The van der Waals surface area contributed by atoms with Gasteiger partial charge >= 0.3 is 5.97 Å². The summed E-state index contributed by atoms with van der Waals surface area (Å²) in [6.45, 7) is 3.46. The van der Waals surface area contributed by atoms with E-state index in [9.17, 15) is 14.7 Å². The van der Waals surface area contributed by atoms with E-state index in [-0.39, 0.29) is 29.4 Å². The van der Waals surface area contributed by atoms with Gasteiger partial charge in [0.15, 0.2) is 0 Å². The predicted molar refractivity (Wildman–Crippen MR) is 104 cm³/mol. The van der Waals surface area contributed by atoms with Crippen molar-refractivity contribution >= 4 is 34.8 Å². The number of nitrogens with zero attached hydrogens (tertiary/aromatic N) is 1. The summed E-state index contributed by atoms with van der Waals surface area (Å²) < 4.78 is 15.5. The van der Waals surface area contributed by atoms with Crippen LogP contribution in [0.5, 0.6) is 11.5 Å². The Hall–Kier alpha value is -2.74. The molecule has 1 heterocycles. The monoisotopic (exact) mass is 391 g/mol. The van der Waals surface area contributed by atoms with Gasteiger partial charge in [-0.2, -0.15) is 0 Å². The molecule has 2 rings (SSSR count). The summed E-state index contributed by atoms with van der Waals surface area (Å²) in [5, 5.41) is 10.7. The first kappa shape index (κ1) is 20.6. The summed E-state index contributed by atoms with van der Waals surface area (Å²) in [7, 11) is 3.07. The van der Waals surface area contributed by atoms with Crippen molar-refractivity contribution < 1.29 is 28.9 Å². The summed E-state index contributed by atoms with van der Waals surface area (Å²) in [5.74, 6) is -0.247. The Morgan fingerprint density at radius 1 is 1.22 bits per heavy atom. The minimum atomic E-state index is -0.730. The molecule has 0 atom stereocenters. The third kappa shape index (κ3) is 4.71. The molecule has 1 amide bonds. The van der Waals surface area contributed by atoms with Crippen LogP contribution in [-0.4, -0.2) is 42.9 Å². The first-order chi connectivity index (χ1) is 12.9. The van der Waals surface area contributed by atoms with Crippen LogP contribution in [0.3, 0.4) is 0 Å². The third-order valence-electron chi connectivity index (χ3n) is 3.62. The van der Waals surface area contributed by atoms with Gasteiger partial charge in [-0.3, -0.25) is 4.79 Å². The fourth-order valence-corrected chi connectivity index (χ4v) is 3.30. The van der Waals surface area contributed by atoms with Gasteiger partial charge in [0.1, 0.15) is 27.9 Å². The number of aliphatic imine (C=N–C) groups is 1. The number of hydrogen-bond donors (Lipinski definition) is 1. The zero-order valence-corrected chi connectivity index (χ0v) is 16.4. The second kappa shape index (κ2) is 9.27. The average Bonchev–Trinajstić information content (AvgIpc) is 2.96. The van der Waals surface area contributed by atoms with Crippen molar-refractivity contribution in [3.63, 3.8) is 0 Å². The van der Waals surface area contributed by atoms with Crippen molar-refractivity contribution in [1.82, 2.24) is 0 Å². The highest BCUT2D eigenvalue weighted by molar-refractivity contribution is 8.18. The number of methoxy groups -OCH3 is 2. The lowest BCUT2D eigenvalue weighted by Gasteiger charge is -2.08. The molecule has 0 aliphatic carbocycles. The molecule has 8 heteroatoms. The molecular formula is C19H21NO6S. The van der Waals surface area contributed by atoms with E-state index in [1.54, 1.807) is 45.2 Å². The number of ether oxygens (including phenoxy) is 3. The summed E-state index contributed by atoms with van der Waals surface area (Å²) in [6, 6.07) is 5.21. The number of benzene rings is 1. The minimum Gasteiger partial charge on any atom is -0.506 e. The lowest BCUT2D eigenvalue weighted by molar-refractivity contribution is -0.138. The van der Waals surface area contributed by atoms with Gasteiger partial charge in [0, 0.05) is 12.0 Å². The highest BCUT2D eigenvalue weighted by Gasteiger charge is 2.33. The molecule has 1 aromatic rings. The molecule has 144 valence electrons. The van der Waals surface area contributed by atoms with E-state index in [2.05, 4.69) is 4.99 Å². The topological polar surface area (TPSA) is 94.4 Å². The van der Waals surface area contributed by atoms with Crippen LogP contribution in [0.15, 0.2) is 39.4 Å². The van der Waals surface area contributed by atoms with Crippen molar-refractivity contribution in [2.45, 2.75) is 20.3 Å². The summed E-state index contributed by atoms with van der Waals surface area (Å²) in [4.78, 5) is 28.3. The number of amides is 1. The number of aliphatic hydroxyl groups is 1. The Labute approximate surface area is 161 Å². The molecule has 0 spiro atoms. The third-order valence-corrected chi connectivity index (χ3v) is 4.64. The van der Waals surface area contributed by atoms with E-state index in [1.165, 1.54) is 7.11 Å². The number of thioether (sulfide) groups is 1. The zero-order chi connectivity index (χ0) is 20.0. The van der Waals surface area contributed by atoms with Crippen molar-refractivity contribution in [3.05, 3.63) is 40.0 Å². The largest absolute Gasteiger partial charge is 0.506 e. The maximum Gasteiger partial charge on any atom is 0.344 e. The van der Waals surface area contributed by atoms with Gasteiger partial charge in [-0.1, -0.05) is 18.7 Å². The SMILES string of the molecule is CCOC(=O)C1=C(O)/C(=C/c2cc(OC)ccc2OC)SC1=NC(=O)CC. The first-order valence-electron chi connectivity index (χ1n) is 8.29. The number of esters is 1. The van der Waals surface area contributed by atoms with Crippen LogP contribution in [-0.2, 0) is 14.3 Å². The molecule has 1 aromatic carbocycles. The number of carbonyl (C=O) groups excluding carboxylic acids is 2. The van der Waals surface area contributed by atoms with E-state index in [0.717, 1.165) is 11.8 Å². The van der Waals surface area contributed by atoms with Crippen molar-refractivity contribution in [2.24, 2.45) is 4.99 Å². The standard InChI is InChI=1S/C19H21NO6S/c1-5-15(21)20-18-16(19(23)26-6-2)17(22)14(27-18)10-11-9-12(24-3)7-8-13(11)25-4/h7-10,22H,5-6H2,1-4H3/b14-10-,20-18?. The Morgan fingerprint density at radius 3 is 2.56 bits per heavy atom. The van der Waals surface area contributed by atoms with E-state index in [0.29, 0.717) is 22.0 Å². The maximum absolute atomic E-state index is 12.2. The highest BCUT2D eigenvalue weighted by atomic mass is 32.2. The highest BCUT2D eigenvalue weighted by Crippen LogP contribution is 2.40. The van der Waals surface area contributed by atoms with Crippen LogP contribution in [0.4, 0.5) is 0 Å². The van der Waals surface area contributed by atoms with Crippen LogP contribution >= 0.6 is 11.8 Å². The molecule has 0 aromatic heterocycles. The molecule has 1 N–H and O–H groups in total. The van der Waals surface area contributed by atoms with Crippen molar-refractivity contribution in [3.8, 4) is 11.5 Å². The molecule has 7 nitrogen and oxygen atoms in total. The summed E-state index contributed by atoms with van der Waals surface area (Å²) in [6.07, 6.45) is 1.82. The quantitative estimate of drug-likeness (QED) is 0.742. The van der Waals surface area contributed by atoms with Gasteiger partial charge in [0.25, 0.3) is 0 Å². The number of aliphatic hydroxyl groups excluding tert-OH is 1. The fourth-order valence-electron chi connectivity index (χ4n) is 2.28. The normalized spacial score (nSPS) is 16.7. The molecule has 27 heavy (non-hydrogen) atoms. The van der Waals surface area contributed by atoms with Gasteiger partial charge in [0.05, 0.1) is 25.7 Å². The molecule has 0 fully saturated rings. The second-order valence-corrected chi connectivity index (χ2v) is 6.36.